The van der Waals surface area contributed by atoms with Crippen molar-refractivity contribution in [1.29, 1.82) is 0 Å². The maximum atomic E-state index is 13.1. The van der Waals surface area contributed by atoms with Crippen LogP contribution in [0.25, 0.3) is 10.9 Å². The van der Waals surface area contributed by atoms with Gasteiger partial charge in [0.1, 0.15) is 11.9 Å². The minimum Gasteiger partial charge on any atom is -0.497 e. The molecule has 3 aliphatic rings. The lowest BCUT2D eigenvalue weighted by Crippen LogP contribution is -2.51. The number of nitrogens with zero attached hydrogens (tertiary/aromatic N) is 2. The summed E-state index contributed by atoms with van der Waals surface area (Å²) in [6.45, 7) is 2.10. The van der Waals surface area contributed by atoms with Crippen LogP contribution >= 0.6 is 11.6 Å². The monoisotopic (exact) mass is 436 g/mol. The molecule has 5 nitrogen and oxygen atoms in total. The fraction of sp³-hybridized carbons (Fsp3) is 0.360. The standard InChI is InChI=1S/C25H25ClN2O3/c1-30-19-6-7-22-21(15-19)20(8-11-27-22)24(23-14-16-9-12-28(23)13-10-16)31-25(29)17-2-4-18(26)5-3-17/h2-8,11,15-16,23-24H,9-10,12-14H2,1H3. The van der Waals surface area contributed by atoms with Gasteiger partial charge in [-0.25, -0.2) is 4.79 Å². The molecule has 31 heavy (non-hydrogen) atoms. The van der Waals surface area contributed by atoms with Gasteiger partial charge in [0.05, 0.1) is 24.2 Å². The van der Waals surface area contributed by atoms with Gasteiger partial charge in [0, 0.05) is 22.2 Å². The summed E-state index contributed by atoms with van der Waals surface area (Å²) in [5.74, 6) is 1.11. The molecule has 2 atom stereocenters. The van der Waals surface area contributed by atoms with E-state index in [0.29, 0.717) is 16.5 Å². The number of fused-ring (bicyclic) bond motifs is 4. The summed E-state index contributed by atoms with van der Waals surface area (Å²) >= 11 is 6.00. The van der Waals surface area contributed by atoms with Crippen LogP contribution in [0.15, 0.2) is 54.7 Å². The number of aromatic nitrogens is 1. The summed E-state index contributed by atoms with van der Waals surface area (Å²) in [6, 6.07) is 14.8. The Morgan fingerprint density at radius 3 is 2.58 bits per heavy atom. The van der Waals surface area contributed by atoms with Crippen LogP contribution in [0.1, 0.15) is 41.3 Å². The first-order valence-electron chi connectivity index (χ1n) is 10.8. The van der Waals surface area contributed by atoms with E-state index in [4.69, 9.17) is 21.1 Å². The third-order valence-corrected chi connectivity index (χ3v) is 6.90. The lowest BCUT2D eigenvalue weighted by atomic mass is 9.79. The number of hydrogen-bond donors (Lipinski definition) is 0. The van der Waals surface area contributed by atoms with Crippen LogP contribution in [0.5, 0.6) is 5.75 Å². The lowest BCUT2D eigenvalue weighted by molar-refractivity contribution is -0.0436. The SMILES string of the molecule is COc1ccc2nccc(C(OC(=O)c3ccc(Cl)cc3)C3CC4CCN3CC4)c2c1. The predicted molar refractivity (Wildman–Crippen MR) is 121 cm³/mol. The maximum absolute atomic E-state index is 13.1. The number of rotatable bonds is 5. The minimum absolute atomic E-state index is 0.153. The van der Waals surface area contributed by atoms with E-state index in [0.717, 1.165) is 41.7 Å². The van der Waals surface area contributed by atoms with Gasteiger partial charge in [-0.2, -0.15) is 0 Å². The summed E-state index contributed by atoms with van der Waals surface area (Å²) in [7, 11) is 1.65. The van der Waals surface area contributed by atoms with E-state index < -0.39 is 0 Å². The molecule has 0 spiro atoms. The van der Waals surface area contributed by atoms with Crippen molar-refractivity contribution in [2.45, 2.75) is 31.4 Å². The van der Waals surface area contributed by atoms with Crippen molar-refractivity contribution >= 4 is 28.5 Å². The minimum atomic E-state index is -0.385. The molecule has 3 saturated heterocycles. The highest BCUT2D eigenvalue weighted by Gasteiger charge is 2.41. The smallest absolute Gasteiger partial charge is 0.338 e. The Labute approximate surface area is 186 Å². The average molecular weight is 437 g/mol. The van der Waals surface area contributed by atoms with E-state index in [-0.39, 0.29) is 18.1 Å². The zero-order valence-electron chi connectivity index (χ0n) is 17.5. The van der Waals surface area contributed by atoms with E-state index in [1.165, 1.54) is 12.8 Å². The van der Waals surface area contributed by atoms with Crippen LogP contribution in [0.4, 0.5) is 0 Å². The van der Waals surface area contributed by atoms with Crippen LogP contribution in [0, 0.1) is 5.92 Å². The molecular weight excluding hydrogens is 412 g/mol. The number of piperidine rings is 3. The number of pyridine rings is 1. The molecule has 3 fully saturated rings. The highest BCUT2D eigenvalue weighted by atomic mass is 35.5. The molecule has 6 rings (SSSR count). The van der Waals surface area contributed by atoms with E-state index in [2.05, 4.69) is 9.88 Å². The largest absolute Gasteiger partial charge is 0.497 e. The molecule has 0 amide bonds. The fourth-order valence-corrected chi connectivity index (χ4v) is 5.09. The van der Waals surface area contributed by atoms with Crippen LogP contribution in [-0.2, 0) is 4.74 Å². The van der Waals surface area contributed by atoms with Crippen LogP contribution in [0.2, 0.25) is 5.02 Å². The number of ether oxygens (including phenoxy) is 2. The fourth-order valence-electron chi connectivity index (χ4n) is 4.97. The van der Waals surface area contributed by atoms with Crippen molar-refractivity contribution in [3.8, 4) is 5.75 Å². The van der Waals surface area contributed by atoms with Gasteiger partial charge < -0.3 is 9.47 Å². The topological polar surface area (TPSA) is 51.7 Å². The lowest BCUT2D eigenvalue weighted by Gasteiger charge is -2.48. The van der Waals surface area contributed by atoms with Crippen molar-refractivity contribution in [2.24, 2.45) is 5.92 Å². The number of hydrogen-bond acceptors (Lipinski definition) is 5. The number of esters is 1. The molecule has 2 unspecified atom stereocenters. The Morgan fingerprint density at radius 1 is 1.13 bits per heavy atom. The summed E-state index contributed by atoms with van der Waals surface area (Å²) in [5.41, 5.74) is 2.34. The first-order chi connectivity index (χ1) is 15.1. The second-order valence-corrected chi connectivity index (χ2v) is 8.83. The van der Waals surface area contributed by atoms with Gasteiger partial charge in [-0.3, -0.25) is 9.88 Å². The predicted octanol–water partition coefficient (Wildman–Crippen LogP) is 5.28. The quantitative estimate of drug-likeness (QED) is 0.509. The van der Waals surface area contributed by atoms with Crippen LogP contribution in [-0.4, -0.2) is 42.1 Å². The number of carbonyl (C=O) groups excluding carboxylic acids is 1. The van der Waals surface area contributed by atoms with Crippen molar-refractivity contribution in [3.05, 3.63) is 70.9 Å². The number of halogens is 1. The average Bonchev–Trinajstić information content (AvgIpc) is 2.83. The molecule has 0 radical (unpaired) electrons. The first-order valence-corrected chi connectivity index (χ1v) is 11.1. The molecule has 160 valence electrons. The zero-order valence-corrected chi connectivity index (χ0v) is 18.2. The molecule has 2 aromatic carbocycles. The number of methoxy groups -OCH3 is 1. The molecule has 1 aromatic heterocycles. The third kappa shape index (κ3) is 4.00. The molecule has 0 N–H and O–H groups in total. The molecule has 3 aromatic rings. The van der Waals surface area contributed by atoms with E-state index in [1.807, 2.05) is 24.3 Å². The molecule has 2 bridgehead atoms. The molecule has 3 aliphatic heterocycles. The Morgan fingerprint density at radius 2 is 1.90 bits per heavy atom. The third-order valence-electron chi connectivity index (χ3n) is 6.65. The Balaban J connectivity index is 1.56. The van der Waals surface area contributed by atoms with E-state index >= 15 is 0 Å². The first kappa shape index (κ1) is 20.3. The van der Waals surface area contributed by atoms with Crippen molar-refractivity contribution < 1.29 is 14.3 Å². The van der Waals surface area contributed by atoms with Gasteiger partial charge in [-0.15, -0.1) is 0 Å². The van der Waals surface area contributed by atoms with E-state index in [9.17, 15) is 4.79 Å². The van der Waals surface area contributed by atoms with Crippen molar-refractivity contribution in [3.63, 3.8) is 0 Å². The molecule has 0 aliphatic carbocycles. The molecule has 4 heterocycles. The van der Waals surface area contributed by atoms with Gasteiger partial charge in [0.2, 0.25) is 0 Å². The highest BCUT2D eigenvalue weighted by molar-refractivity contribution is 6.30. The second kappa shape index (κ2) is 8.48. The number of benzene rings is 2. The van der Waals surface area contributed by atoms with Crippen molar-refractivity contribution in [1.82, 2.24) is 9.88 Å². The summed E-state index contributed by atoms with van der Waals surface area (Å²) < 4.78 is 11.7. The normalized spacial score (nSPS) is 23.5. The van der Waals surface area contributed by atoms with Gasteiger partial charge >= 0.3 is 5.97 Å². The Kier molecular flexibility index (Phi) is 5.55. The Hall–Kier alpha value is -2.63. The Bertz CT molecular complexity index is 1090. The second-order valence-electron chi connectivity index (χ2n) is 8.40. The van der Waals surface area contributed by atoms with Gasteiger partial charge in [0.15, 0.2) is 0 Å². The molecular formula is C25H25ClN2O3. The maximum Gasteiger partial charge on any atom is 0.338 e. The molecule has 6 heteroatoms. The zero-order chi connectivity index (χ0) is 21.4. The van der Waals surface area contributed by atoms with Crippen LogP contribution < -0.4 is 4.74 Å². The number of carbonyl (C=O) groups is 1. The summed E-state index contributed by atoms with van der Waals surface area (Å²) in [6.07, 6.45) is 4.89. The van der Waals surface area contributed by atoms with Gasteiger partial charge in [0.25, 0.3) is 0 Å². The van der Waals surface area contributed by atoms with Gasteiger partial charge in [-0.1, -0.05) is 11.6 Å². The van der Waals surface area contributed by atoms with Crippen LogP contribution in [0.3, 0.4) is 0 Å². The van der Waals surface area contributed by atoms with Gasteiger partial charge in [-0.05, 0) is 86.8 Å². The molecule has 0 saturated carbocycles. The van der Waals surface area contributed by atoms with E-state index in [1.54, 1.807) is 37.6 Å². The highest BCUT2D eigenvalue weighted by Crippen LogP contribution is 2.41. The summed E-state index contributed by atoms with van der Waals surface area (Å²) in [4.78, 5) is 20.1. The van der Waals surface area contributed by atoms with Crippen molar-refractivity contribution in [2.75, 3.05) is 20.2 Å². The summed E-state index contributed by atoms with van der Waals surface area (Å²) in [5, 5.41) is 1.55.